The Labute approximate surface area is 220 Å². The van der Waals surface area contributed by atoms with Crippen LogP contribution >= 0.6 is 0 Å². The van der Waals surface area contributed by atoms with Crippen molar-refractivity contribution in [3.8, 4) is 0 Å². The third kappa shape index (κ3) is 5.31. The number of para-hydroxylation sites is 2. The zero-order valence-corrected chi connectivity index (χ0v) is 21.0. The molecule has 1 unspecified atom stereocenters. The number of primary amides is 1. The highest BCUT2D eigenvalue weighted by molar-refractivity contribution is 5.89. The van der Waals surface area contributed by atoms with Crippen LogP contribution in [-0.4, -0.2) is 26.5 Å². The standard InChI is InChI=1S/C30H31FN4O3/c31-22-15-13-21(14-16-22)28(29(32)37)34-30(38)24-6-2-1-5-23(24)20-11-9-19(10-12-20)17-35-26-8-4-3-7-25(26)33-27(35)18-36/h3-4,7-16,23-24,28,36H,1-2,5-6,17-18H2,(H2,32,37)(H,34,38)/t23?,24-,28+/m1/s1. The summed E-state index contributed by atoms with van der Waals surface area (Å²) in [6.45, 7) is 0.430. The van der Waals surface area contributed by atoms with Gasteiger partial charge in [0.05, 0.1) is 11.0 Å². The molecule has 1 heterocycles. The Bertz CT molecular complexity index is 1430. The van der Waals surface area contributed by atoms with E-state index in [0.29, 0.717) is 24.4 Å². The van der Waals surface area contributed by atoms with Crippen molar-refractivity contribution in [2.45, 2.75) is 50.8 Å². The first-order chi connectivity index (χ1) is 18.4. The molecule has 0 spiro atoms. The zero-order chi connectivity index (χ0) is 26.6. The molecule has 1 aliphatic rings. The van der Waals surface area contributed by atoms with Crippen molar-refractivity contribution in [2.75, 3.05) is 0 Å². The highest BCUT2D eigenvalue weighted by Gasteiger charge is 2.34. The van der Waals surface area contributed by atoms with Gasteiger partial charge in [-0.3, -0.25) is 9.59 Å². The van der Waals surface area contributed by atoms with Crippen LogP contribution in [0.1, 0.15) is 60.2 Å². The van der Waals surface area contributed by atoms with E-state index in [1.165, 1.54) is 24.3 Å². The Morgan fingerprint density at radius 1 is 1.03 bits per heavy atom. The monoisotopic (exact) mass is 514 g/mol. The van der Waals surface area contributed by atoms with E-state index in [1.807, 2.05) is 28.8 Å². The summed E-state index contributed by atoms with van der Waals surface area (Å²) in [7, 11) is 0. The lowest BCUT2D eigenvalue weighted by atomic mass is 9.74. The van der Waals surface area contributed by atoms with Crippen LogP contribution in [0.15, 0.2) is 72.8 Å². The van der Waals surface area contributed by atoms with Crippen LogP contribution in [0.25, 0.3) is 11.0 Å². The Morgan fingerprint density at radius 3 is 2.45 bits per heavy atom. The van der Waals surface area contributed by atoms with Crippen LogP contribution in [0, 0.1) is 11.7 Å². The van der Waals surface area contributed by atoms with E-state index in [-0.39, 0.29) is 24.3 Å². The average Bonchev–Trinajstić information content (AvgIpc) is 3.30. The lowest BCUT2D eigenvalue weighted by molar-refractivity contribution is -0.131. The largest absolute Gasteiger partial charge is 0.388 e. The first-order valence-corrected chi connectivity index (χ1v) is 12.9. The van der Waals surface area contributed by atoms with Crippen LogP contribution in [-0.2, 0) is 22.7 Å². The number of imidazole rings is 1. The SMILES string of the molecule is NC(=O)[C@@H](NC(=O)[C@@H]1CCCCC1c1ccc(Cn2c(CO)nc3ccccc32)cc1)c1ccc(F)cc1. The van der Waals surface area contributed by atoms with Crippen molar-refractivity contribution in [3.63, 3.8) is 0 Å². The lowest BCUT2D eigenvalue weighted by Gasteiger charge is -2.32. The Kier molecular flexibility index (Phi) is 7.51. The van der Waals surface area contributed by atoms with Crippen LogP contribution < -0.4 is 11.1 Å². The van der Waals surface area contributed by atoms with Gasteiger partial charge in [-0.05, 0) is 59.7 Å². The van der Waals surface area contributed by atoms with Crippen molar-refractivity contribution >= 4 is 22.8 Å². The average molecular weight is 515 g/mol. The molecule has 1 fully saturated rings. The number of aromatic nitrogens is 2. The summed E-state index contributed by atoms with van der Waals surface area (Å²) in [4.78, 5) is 30.1. The number of aliphatic hydroxyl groups is 1. The predicted molar refractivity (Wildman–Crippen MR) is 142 cm³/mol. The fourth-order valence-corrected chi connectivity index (χ4v) is 5.54. The van der Waals surface area contributed by atoms with Gasteiger partial charge in [0.25, 0.3) is 0 Å². The highest BCUT2D eigenvalue weighted by Crippen LogP contribution is 2.38. The fraction of sp³-hybridized carbons (Fsp3) is 0.300. The molecule has 1 aliphatic carbocycles. The van der Waals surface area contributed by atoms with Crippen molar-refractivity contribution < 1.29 is 19.1 Å². The summed E-state index contributed by atoms with van der Waals surface area (Å²) >= 11 is 0. The molecule has 0 aliphatic heterocycles. The fourth-order valence-electron chi connectivity index (χ4n) is 5.54. The normalized spacial score (nSPS) is 18.3. The van der Waals surface area contributed by atoms with Crippen LogP contribution in [0.2, 0.25) is 0 Å². The summed E-state index contributed by atoms with van der Waals surface area (Å²) in [5, 5.41) is 12.6. The molecule has 196 valence electrons. The van der Waals surface area contributed by atoms with Gasteiger partial charge >= 0.3 is 0 Å². The minimum atomic E-state index is -1.02. The summed E-state index contributed by atoms with van der Waals surface area (Å²) in [5.41, 5.74) is 10.00. The Morgan fingerprint density at radius 2 is 1.74 bits per heavy atom. The number of rotatable bonds is 8. The summed E-state index contributed by atoms with van der Waals surface area (Å²) < 4.78 is 15.4. The van der Waals surface area contributed by atoms with E-state index in [1.54, 1.807) is 0 Å². The second-order valence-electron chi connectivity index (χ2n) is 9.90. The Hall–Kier alpha value is -4.04. The van der Waals surface area contributed by atoms with Gasteiger partial charge in [-0.15, -0.1) is 0 Å². The number of aliphatic hydroxyl groups excluding tert-OH is 1. The summed E-state index contributed by atoms with van der Waals surface area (Å²) in [6.07, 6.45) is 3.54. The van der Waals surface area contributed by atoms with E-state index >= 15 is 0 Å². The number of benzene rings is 3. The number of amides is 2. The summed E-state index contributed by atoms with van der Waals surface area (Å²) in [6, 6.07) is 20.5. The maximum Gasteiger partial charge on any atom is 0.244 e. The first-order valence-electron chi connectivity index (χ1n) is 12.9. The van der Waals surface area contributed by atoms with Gasteiger partial charge in [0.2, 0.25) is 11.8 Å². The smallest absolute Gasteiger partial charge is 0.244 e. The van der Waals surface area contributed by atoms with E-state index in [2.05, 4.69) is 34.6 Å². The second-order valence-corrected chi connectivity index (χ2v) is 9.90. The van der Waals surface area contributed by atoms with Gasteiger partial charge in [-0.1, -0.05) is 61.4 Å². The lowest BCUT2D eigenvalue weighted by Crippen LogP contribution is -2.42. The Balaban J connectivity index is 1.33. The topological polar surface area (TPSA) is 110 Å². The van der Waals surface area contributed by atoms with E-state index in [4.69, 9.17) is 5.73 Å². The van der Waals surface area contributed by atoms with E-state index in [9.17, 15) is 19.1 Å². The summed E-state index contributed by atoms with van der Waals surface area (Å²) in [5.74, 6) is -0.991. The molecule has 38 heavy (non-hydrogen) atoms. The molecule has 7 nitrogen and oxygen atoms in total. The van der Waals surface area contributed by atoms with Gasteiger partial charge in [-0.25, -0.2) is 9.37 Å². The van der Waals surface area contributed by atoms with E-state index in [0.717, 1.165) is 41.4 Å². The minimum absolute atomic E-state index is 0.0154. The number of nitrogens with zero attached hydrogens (tertiary/aromatic N) is 2. The molecule has 4 N–H and O–H groups in total. The molecule has 2 amide bonds. The van der Waals surface area contributed by atoms with Crippen LogP contribution in [0.5, 0.6) is 0 Å². The zero-order valence-electron chi connectivity index (χ0n) is 21.0. The number of hydrogen-bond acceptors (Lipinski definition) is 4. The molecular formula is C30H31FN4O3. The third-order valence-electron chi connectivity index (χ3n) is 7.50. The van der Waals surface area contributed by atoms with Crippen molar-refractivity contribution in [2.24, 2.45) is 11.7 Å². The predicted octanol–water partition coefficient (Wildman–Crippen LogP) is 4.33. The number of carbonyl (C=O) groups excluding carboxylic acids is 2. The highest BCUT2D eigenvalue weighted by atomic mass is 19.1. The molecular weight excluding hydrogens is 483 g/mol. The first kappa shape index (κ1) is 25.6. The molecule has 3 aromatic carbocycles. The van der Waals surface area contributed by atoms with Crippen molar-refractivity contribution in [3.05, 3.63) is 101 Å². The number of halogens is 1. The van der Waals surface area contributed by atoms with Gasteiger partial charge in [-0.2, -0.15) is 0 Å². The van der Waals surface area contributed by atoms with Crippen molar-refractivity contribution in [1.29, 1.82) is 0 Å². The quantitative estimate of drug-likeness (QED) is 0.325. The number of nitrogens with two attached hydrogens (primary N) is 1. The van der Waals surface area contributed by atoms with E-state index < -0.39 is 17.8 Å². The molecule has 8 heteroatoms. The third-order valence-corrected chi connectivity index (χ3v) is 7.50. The minimum Gasteiger partial charge on any atom is -0.388 e. The maximum atomic E-state index is 13.4. The molecule has 1 saturated carbocycles. The van der Waals surface area contributed by atoms with Crippen LogP contribution in [0.4, 0.5) is 4.39 Å². The number of fused-ring (bicyclic) bond motifs is 1. The number of hydrogen-bond donors (Lipinski definition) is 3. The van der Waals surface area contributed by atoms with Gasteiger partial charge < -0.3 is 20.7 Å². The molecule has 1 aromatic heterocycles. The molecule has 0 saturated heterocycles. The number of nitrogens with one attached hydrogen (secondary N) is 1. The van der Waals surface area contributed by atoms with Gasteiger partial charge in [0.1, 0.15) is 24.3 Å². The van der Waals surface area contributed by atoms with Gasteiger partial charge in [0.15, 0.2) is 0 Å². The van der Waals surface area contributed by atoms with Gasteiger partial charge in [0, 0.05) is 12.5 Å². The number of carbonyl (C=O) groups is 2. The second kappa shape index (κ2) is 11.1. The van der Waals surface area contributed by atoms with Crippen molar-refractivity contribution in [1.82, 2.24) is 14.9 Å². The maximum absolute atomic E-state index is 13.4. The van der Waals surface area contributed by atoms with Crippen LogP contribution in [0.3, 0.4) is 0 Å². The molecule has 4 aromatic rings. The molecule has 5 rings (SSSR count). The molecule has 0 bridgehead atoms. The molecule has 0 radical (unpaired) electrons. The molecule has 3 atom stereocenters.